The smallest absolute Gasteiger partial charge is 0.323 e. The second-order valence-corrected chi connectivity index (χ2v) is 4.16. The maximum Gasteiger partial charge on any atom is 0.323 e. The van der Waals surface area contributed by atoms with Gasteiger partial charge in [-0.25, -0.2) is 0 Å². The van der Waals surface area contributed by atoms with Gasteiger partial charge in [0.25, 0.3) is 10.9 Å². The molecule has 0 aliphatic heterocycles. The molecule has 0 aliphatic carbocycles. The minimum absolute atomic E-state index is 0.00347. The van der Waals surface area contributed by atoms with Crippen molar-refractivity contribution in [3.05, 3.63) is 56.3 Å². The van der Waals surface area contributed by atoms with Crippen LogP contribution in [0.25, 0.3) is 0 Å². The number of carboxylic acids is 1. The van der Waals surface area contributed by atoms with Gasteiger partial charge in [-0.1, -0.05) is 30.3 Å². The SMILES string of the molecule is Nc1c(N(CC(=O)O)Cc2ccccc2)c(=O)c1=O. The van der Waals surface area contributed by atoms with Gasteiger partial charge < -0.3 is 15.7 Å². The first-order valence-electron chi connectivity index (χ1n) is 5.60. The Morgan fingerprint density at radius 1 is 1.16 bits per heavy atom. The molecule has 2 rings (SSSR count). The summed E-state index contributed by atoms with van der Waals surface area (Å²) in [6.07, 6.45) is 0. The largest absolute Gasteiger partial charge is 0.480 e. The van der Waals surface area contributed by atoms with Crippen LogP contribution in [0.2, 0.25) is 0 Å². The van der Waals surface area contributed by atoms with E-state index < -0.39 is 16.8 Å². The lowest BCUT2D eigenvalue weighted by Gasteiger charge is -2.24. The third-order valence-corrected chi connectivity index (χ3v) is 2.78. The molecule has 0 saturated carbocycles. The van der Waals surface area contributed by atoms with Crippen molar-refractivity contribution in [3.8, 4) is 0 Å². The van der Waals surface area contributed by atoms with Crippen LogP contribution in [0.15, 0.2) is 39.9 Å². The number of carbonyl (C=O) groups is 1. The molecule has 0 fully saturated rings. The average molecular weight is 260 g/mol. The zero-order chi connectivity index (χ0) is 14.0. The monoisotopic (exact) mass is 260 g/mol. The molecule has 2 aromatic carbocycles. The highest BCUT2D eigenvalue weighted by molar-refractivity contribution is 5.79. The van der Waals surface area contributed by atoms with Gasteiger partial charge in [0.05, 0.1) is 0 Å². The lowest BCUT2D eigenvalue weighted by molar-refractivity contribution is -0.135. The number of rotatable bonds is 5. The van der Waals surface area contributed by atoms with E-state index in [1.54, 1.807) is 24.3 Å². The second-order valence-electron chi connectivity index (χ2n) is 4.16. The van der Waals surface area contributed by atoms with E-state index in [4.69, 9.17) is 10.8 Å². The van der Waals surface area contributed by atoms with E-state index in [2.05, 4.69) is 0 Å². The van der Waals surface area contributed by atoms with Crippen molar-refractivity contribution in [2.24, 2.45) is 0 Å². The summed E-state index contributed by atoms with van der Waals surface area (Å²) in [5, 5.41) is 8.87. The van der Waals surface area contributed by atoms with E-state index in [1.807, 2.05) is 6.07 Å². The van der Waals surface area contributed by atoms with E-state index in [0.717, 1.165) is 5.56 Å². The molecular weight excluding hydrogens is 248 g/mol. The molecule has 6 nitrogen and oxygen atoms in total. The zero-order valence-corrected chi connectivity index (χ0v) is 10.00. The number of benzene rings is 1. The minimum atomic E-state index is -1.09. The number of hydrogen-bond acceptors (Lipinski definition) is 5. The Morgan fingerprint density at radius 3 is 2.32 bits per heavy atom. The van der Waals surface area contributed by atoms with Gasteiger partial charge in [0, 0.05) is 6.54 Å². The third kappa shape index (κ3) is 2.47. The number of carboxylic acid groups (broad SMARTS) is 1. The first kappa shape index (κ1) is 12.8. The summed E-state index contributed by atoms with van der Waals surface area (Å²) in [5.41, 5.74) is 4.64. The Kier molecular flexibility index (Phi) is 3.33. The van der Waals surface area contributed by atoms with Crippen LogP contribution in [-0.2, 0) is 11.3 Å². The molecule has 2 aromatic rings. The summed E-state index contributed by atoms with van der Waals surface area (Å²) in [5.74, 6) is -1.09. The molecule has 0 spiro atoms. The van der Waals surface area contributed by atoms with Crippen molar-refractivity contribution in [1.82, 2.24) is 0 Å². The molecule has 0 aromatic heterocycles. The number of anilines is 2. The summed E-state index contributed by atoms with van der Waals surface area (Å²) < 4.78 is 0. The van der Waals surface area contributed by atoms with Crippen LogP contribution >= 0.6 is 0 Å². The van der Waals surface area contributed by atoms with Gasteiger partial charge in [0.15, 0.2) is 0 Å². The van der Waals surface area contributed by atoms with Gasteiger partial charge in [-0.05, 0) is 5.56 Å². The van der Waals surface area contributed by atoms with Crippen molar-refractivity contribution in [2.45, 2.75) is 6.54 Å². The maximum absolute atomic E-state index is 11.5. The van der Waals surface area contributed by atoms with Crippen molar-refractivity contribution in [2.75, 3.05) is 17.2 Å². The van der Waals surface area contributed by atoms with E-state index in [0.29, 0.717) is 0 Å². The fourth-order valence-corrected chi connectivity index (χ4v) is 1.89. The molecule has 0 bridgehead atoms. The van der Waals surface area contributed by atoms with Crippen LogP contribution in [0.3, 0.4) is 0 Å². The van der Waals surface area contributed by atoms with Crippen LogP contribution in [0.4, 0.5) is 11.4 Å². The van der Waals surface area contributed by atoms with Gasteiger partial charge >= 0.3 is 5.97 Å². The van der Waals surface area contributed by atoms with Gasteiger partial charge in [-0.2, -0.15) is 0 Å². The predicted molar refractivity (Wildman–Crippen MR) is 70.9 cm³/mol. The van der Waals surface area contributed by atoms with Crippen LogP contribution < -0.4 is 21.5 Å². The number of nitrogens with two attached hydrogens (primary N) is 1. The van der Waals surface area contributed by atoms with Crippen LogP contribution in [0.1, 0.15) is 5.56 Å². The molecule has 98 valence electrons. The van der Waals surface area contributed by atoms with Gasteiger partial charge in [-0.15, -0.1) is 0 Å². The number of nitrogens with zero attached hydrogens (tertiary/aromatic N) is 1. The van der Waals surface area contributed by atoms with Crippen molar-refractivity contribution >= 4 is 17.3 Å². The summed E-state index contributed by atoms with van der Waals surface area (Å²) in [6.45, 7) is -0.174. The van der Waals surface area contributed by atoms with Gasteiger partial charge in [-0.3, -0.25) is 14.4 Å². The van der Waals surface area contributed by atoms with Crippen LogP contribution in [-0.4, -0.2) is 17.6 Å². The molecule has 0 heterocycles. The molecule has 0 atom stereocenters. The van der Waals surface area contributed by atoms with E-state index in [-0.39, 0.29) is 24.5 Å². The molecule has 19 heavy (non-hydrogen) atoms. The lowest BCUT2D eigenvalue weighted by Crippen LogP contribution is -2.44. The fourth-order valence-electron chi connectivity index (χ4n) is 1.89. The second kappa shape index (κ2) is 4.93. The summed E-state index contributed by atoms with van der Waals surface area (Å²) >= 11 is 0. The summed E-state index contributed by atoms with van der Waals surface area (Å²) in [7, 11) is 0. The molecule has 6 heteroatoms. The Hall–Kier alpha value is -2.63. The molecule has 0 aliphatic rings. The van der Waals surface area contributed by atoms with E-state index in [1.165, 1.54) is 4.90 Å². The number of nitrogen functional groups attached to an aromatic ring is 1. The van der Waals surface area contributed by atoms with Crippen LogP contribution in [0, 0.1) is 0 Å². The molecular formula is C13H12N2O4. The number of aliphatic carboxylic acids is 1. The highest BCUT2D eigenvalue weighted by Crippen LogP contribution is 2.19. The van der Waals surface area contributed by atoms with Crippen LogP contribution in [0.5, 0.6) is 0 Å². The molecule has 0 amide bonds. The van der Waals surface area contributed by atoms with Gasteiger partial charge in [0.2, 0.25) is 0 Å². The molecule has 0 radical (unpaired) electrons. The zero-order valence-electron chi connectivity index (χ0n) is 10.00. The highest BCUT2D eigenvalue weighted by Gasteiger charge is 2.25. The minimum Gasteiger partial charge on any atom is -0.480 e. The average Bonchev–Trinajstić information content (AvgIpc) is 2.39. The van der Waals surface area contributed by atoms with Gasteiger partial charge in [0.1, 0.15) is 17.9 Å². The summed E-state index contributed by atoms with van der Waals surface area (Å²) in [4.78, 5) is 34.7. The first-order valence-corrected chi connectivity index (χ1v) is 5.60. The van der Waals surface area contributed by atoms with E-state index >= 15 is 0 Å². The molecule has 0 saturated heterocycles. The Morgan fingerprint density at radius 2 is 1.79 bits per heavy atom. The summed E-state index contributed by atoms with van der Waals surface area (Å²) in [6, 6.07) is 9.04. The standard InChI is InChI=1S/C13H12N2O4/c14-10-11(13(19)12(10)18)15(7-9(16)17)6-8-4-2-1-3-5-8/h1-5H,6-7,14H2,(H,16,17). The van der Waals surface area contributed by atoms with Crippen molar-refractivity contribution < 1.29 is 9.90 Å². The van der Waals surface area contributed by atoms with Crippen molar-refractivity contribution in [3.63, 3.8) is 0 Å². The topological polar surface area (TPSA) is 101 Å². The third-order valence-electron chi connectivity index (χ3n) is 2.78. The lowest BCUT2D eigenvalue weighted by atomic mass is 10.1. The fraction of sp³-hybridized carbons (Fsp3) is 0.154. The normalized spacial score (nSPS) is 10.5. The Bertz CT molecular complexity index is 672. The maximum atomic E-state index is 11.5. The molecule has 0 unspecified atom stereocenters. The predicted octanol–water partition coefficient (Wildman–Crippen LogP) is -0.0440. The van der Waals surface area contributed by atoms with E-state index in [9.17, 15) is 14.4 Å². The Balaban J connectivity index is 2.30. The quantitative estimate of drug-likeness (QED) is 0.731. The number of hydrogen-bond donors (Lipinski definition) is 2. The first-order chi connectivity index (χ1) is 9.00. The molecule has 3 N–H and O–H groups in total. The van der Waals surface area contributed by atoms with Crippen molar-refractivity contribution in [1.29, 1.82) is 0 Å². The highest BCUT2D eigenvalue weighted by atomic mass is 16.4. The Labute approximate surface area is 108 Å².